The molecule has 0 spiro atoms. The molecule has 29 heavy (non-hydrogen) atoms. The fraction of sp³-hybridized carbons (Fsp3) is 0.0909. The molecular weight excluding hydrogens is 404 g/mol. The standard InChI is InChI=1S/C22H15ClN4OS/c23-14-9-7-13(8-10-14)21-18-19(15-4-1-2-5-16(15)28-21)26-22-24-12-25-27(22)20(18)17-6-3-11-29-17/h1-12,20-21H,(H,24,25,26)/t20-,21-/m1/s1. The van der Waals surface area contributed by atoms with Gasteiger partial charge in [-0.15, -0.1) is 11.3 Å². The Morgan fingerprint density at radius 2 is 1.90 bits per heavy atom. The molecular formula is C22H15ClN4OS. The summed E-state index contributed by atoms with van der Waals surface area (Å²) in [4.78, 5) is 5.63. The van der Waals surface area contributed by atoms with Gasteiger partial charge < -0.3 is 10.1 Å². The summed E-state index contributed by atoms with van der Waals surface area (Å²) in [7, 11) is 0. The van der Waals surface area contributed by atoms with Gasteiger partial charge in [0.1, 0.15) is 24.2 Å². The molecule has 5 nitrogen and oxygen atoms in total. The Morgan fingerprint density at radius 1 is 1.03 bits per heavy atom. The number of nitrogens with one attached hydrogen (secondary N) is 1. The van der Waals surface area contributed by atoms with Crippen LogP contribution >= 0.6 is 22.9 Å². The number of aromatic nitrogens is 3. The van der Waals surface area contributed by atoms with Crippen molar-refractivity contribution in [2.75, 3.05) is 5.32 Å². The molecule has 0 bridgehead atoms. The van der Waals surface area contributed by atoms with Crippen molar-refractivity contribution in [3.8, 4) is 5.75 Å². The van der Waals surface area contributed by atoms with Gasteiger partial charge in [-0.2, -0.15) is 10.1 Å². The Hall–Kier alpha value is -3.09. The molecule has 0 aliphatic carbocycles. The van der Waals surface area contributed by atoms with Crippen molar-refractivity contribution in [1.29, 1.82) is 0 Å². The Morgan fingerprint density at radius 3 is 2.72 bits per heavy atom. The monoisotopic (exact) mass is 418 g/mol. The summed E-state index contributed by atoms with van der Waals surface area (Å²) < 4.78 is 8.48. The van der Waals surface area contributed by atoms with Gasteiger partial charge in [0.25, 0.3) is 0 Å². The molecule has 0 fully saturated rings. The minimum Gasteiger partial charge on any atom is -0.480 e. The van der Waals surface area contributed by atoms with E-state index < -0.39 is 0 Å². The van der Waals surface area contributed by atoms with E-state index in [9.17, 15) is 0 Å². The van der Waals surface area contributed by atoms with Crippen molar-refractivity contribution in [3.05, 3.63) is 99.0 Å². The van der Waals surface area contributed by atoms with Crippen molar-refractivity contribution in [3.63, 3.8) is 0 Å². The van der Waals surface area contributed by atoms with E-state index in [0.29, 0.717) is 5.02 Å². The number of fused-ring (bicyclic) bond motifs is 3. The molecule has 2 atom stereocenters. The zero-order valence-corrected chi connectivity index (χ0v) is 16.7. The number of hydrogen-bond acceptors (Lipinski definition) is 5. The van der Waals surface area contributed by atoms with Crippen LogP contribution in [0.3, 0.4) is 0 Å². The van der Waals surface area contributed by atoms with Crippen LogP contribution in [0.15, 0.2) is 77.9 Å². The van der Waals surface area contributed by atoms with Crippen LogP contribution < -0.4 is 10.1 Å². The smallest absolute Gasteiger partial charge is 0.226 e. The molecule has 0 saturated heterocycles. The maximum atomic E-state index is 6.55. The van der Waals surface area contributed by atoms with Gasteiger partial charge >= 0.3 is 0 Å². The molecule has 7 heteroatoms. The van der Waals surface area contributed by atoms with Gasteiger partial charge in [0, 0.05) is 21.0 Å². The lowest BCUT2D eigenvalue weighted by Crippen LogP contribution is -2.32. The van der Waals surface area contributed by atoms with E-state index >= 15 is 0 Å². The van der Waals surface area contributed by atoms with E-state index in [1.807, 2.05) is 47.1 Å². The van der Waals surface area contributed by atoms with Crippen molar-refractivity contribution in [2.24, 2.45) is 0 Å². The highest BCUT2D eigenvalue weighted by molar-refractivity contribution is 7.10. The summed E-state index contributed by atoms with van der Waals surface area (Å²) in [6.07, 6.45) is 1.32. The highest BCUT2D eigenvalue weighted by atomic mass is 35.5. The number of nitrogens with zero attached hydrogens (tertiary/aromatic N) is 3. The number of anilines is 1. The van der Waals surface area contributed by atoms with Gasteiger partial charge in [-0.25, -0.2) is 4.68 Å². The summed E-state index contributed by atoms with van der Waals surface area (Å²) in [6.45, 7) is 0. The molecule has 6 rings (SSSR count). The quantitative estimate of drug-likeness (QED) is 0.463. The van der Waals surface area contributed by atoms with Crippen LogP contribution in [0.2, 0.25) is 5.02 Å². The van der Waals surface area contributed by atoms with E-state index in [1.54, 1.807) is 17.7 Å². The van der Waals surface area contributed by atoms with Crippen molar-refractivity contribution in [2.45, 2.75) is 12.1 Å². The molecule has 1 N–H and O–H groups in total. The molecule has 2 aliphatic rings. The Labute approximate surface area is 176 Å². The zero-order chi connectivity index (χ0) is 19.4. The third-order valence-corrected chi connectivity index (χ3v) is 6.48. The molecule has 142 valence electrons. The first-order valence-electron chi connectivity index (χ1n) is 9.25. The SMILES string of the molecule is Clc1ccc([C@H]2Oc3ccccc3C3=C2[C@@H](c2cccs2)n2ncnc2N3)cc1. The number of benzene rings is 2. The molecule has 4 heterocycles. The highest BCUT2D eigenvalue weighted by Gasteiger charge is 2.41. The van der Waals surface area contributed by atoms with Crippen molar-refractivity contribution >= 4 is 34.6 Å². The molecule has 2 aromatic heterocycles. The fourth-order valence-corrected chi connectivity index (χ4v) is 5.00. The topological polar surface area (TPSA) is 52.0 Å². The number of halogens is 1. The first-order chi connectivity index (χ1) is 14.3. The highest BCUT2D eigenvalue weighted by Crippen LogP contribution is 2.51. The zero-order valence-electron chi connectivity index (χ0n) is 15.1. The minimum absolute atomic E-state index is 0.0993. The lowest BCUT2D eigenvalue weighted by atomic mass is 9.87. The van der Waals surface area contributed by atoms with Crippen LogP contribution in [0.4, 0.5) is 5.95 Å². The maximum Gasteiger partial charge on any atom is 0.226 e. The molecule has 2 aliphatic heterocycles. The number of ether oxygens (including phenoxy) is 1. The summed E-state index contributed by atoms with van der Waals surface area (Å²) >= 11 is 7.85. The molecule has 0 radical (unpaired) electrons. The van der Waals surface area contributed by atoms with Crippen LogP contribution in [-0.4, -0.2) is 14.8 Å². The van der Waals surface area contributed by atoms with E-state index in [2.05, 4.69) is 39.0 Å². The first kappa shape index (κ1) is 16.8. The predicted octanol–water partition coefficient (Wildman–Crippen LogP) is 5.55. The Balaban J connectivity index is 1.63. The van der Waals surface area contributed by atoms with Crippen LogP contribution in [-0.2, 0) is 0 Å². The summed E-state index contributed by atoms with van der Waals surface area (Å²) in [6, 6.07) is 20.0. The van der Waals surface area contributed by atoms with Crippen molar-refractivity contribution < 1.29 is 4.74 Å². The lowest BCUT2D eigenvalue weighted by Gasteiger charge is -2.38. The normalized spacial score (nSPS) is 19.6. The average molecular weight is 419 g/mol. The third-order valence-electron chi connectivity index (χ3n) is 5.31. The summed E-state index contributed by atoms with van der Waals surface area (Å²) in [5.41, 5.74) is 4.23. The molecule has 0 amide bonds. The predicted molar refractivity (Wildman–Crippen MR) is 114 cm³/mol. The van der Waals surface area contributed by atoms with Gasteiger partial charge in [-0.05, 0) is 41.3 Å². The Kier molecular flexibility index (Phi) is 3.76. The molecule has 0 saturated carbocycles. The molecule has 0 unspecified atom stereocenters. The third kappa shape index (κ3) is 2.60. The van der Waals surface area contributed by atoms with Crippen molar-refractivity contribution in [1.82, 2.24) is 14.8 Å². The van der Waals surface area contributed by atoms with Crippen LogP contribution in [0.5, 0.6) is 5.75 Å². The average Bonchev–Trinajstić information content (AvgIpc) is 3.44. The van der Waals surface area contributed by atoms with Gasteiger partial charge in [0.15, 0.2) is 0 Å². The van der Waals surface area contributed by atoms with Gasteiger partial charge in [0.2, 0.25) is 5.95 Å². The molecule has 4 aromatic rings. The van der Waals surface area contributed by atoms with Gasteiger partial charge in [0.05, 0.1) is 5.70 Å². The lowest BCUT2D eigenvalue weighted by molar-refractivity contribution is 0.223. The van der Waals surface area contributed by atoms with Crippen LogP contribution in [0.1, 0.15) is 28.1 Å². The second-order valence-corrected chi connectivity index (χ2v) is 8.36. The van der Waals surface area contributed by atoms with E-state index in [0.717, 1.165) is 34.1 Å². The first-order valence-corrected chi connectivity index (χ1v) is 10.5. The summed E-state index contributed by atoms with van der Waals surface area (Å²) in [5.74, 6) is 1.57. The fourth-order valence-electron chi connectivity index (χ4n) is 4.05. The van der Waals surface area contributed by atoms with Gasteiger partial charge in [-0.1, -0.05) is 41.9 Å². The second kappa shape index (κ2) is 6.47. The van der Waals surface area contributed by atoms with E-state index in [1.165, 1.54) is 4.88 Å². The minimum atomic E-state index is -0.269. The van der Waals surface area contributed by atoms with Gasteiger partial charge in [-0.3, -0.25) is 0 Å². The van der Waals surface area contributed by atoms with Crippen LogP contribution in [0.25, 0.3) is 5.70 Å². The number of para-hydroxylation sites is 1. The maximum absolute atomic E-state index is 6.55. The summed E-state index contributed by atoms with van der Waals surface area (Å²) in [5, 5.41) is 10.8. The Bertz CT molecular complexity index is 1230. The number of hydrogen-bond donors (Lipinski definition) is 1. The number of thiophene rings is 1. The van der Waals surface area contributed by atoms with E-state index in [4.69, 9.17) is 16.3 Å². The largest absolute Gasteiger partial charge is 0.480 e. The molecule has 2 aromatic carbocycles. The van der Waals surface area contributed by atoms with E-state index in [-0.39, 0.29) is 12.1 Å². The number of rotatable bonds is 2. The van der Waals surface area contributed by atoms with Crippen LogP contribution in [0, 0.1) is 0 Å². The second-order valence-electron chi connectivity index (χ2n) is 6.95.